The van der Waals surface area contributed by atoms with E-state index in [2.05, 4.69) is 34.8 Å². The Labute approximate surface area is 103 Å². The second-order valence-electron chi connectivity index (χ2n) is 4.18. The molecule has 1 aromatic rings. The molecule has 0 aliphatic carbocycles. The number of ether oxygens (including phenoxy) is 1. The number of hydrogen-bond donors (Lipinski definition) is 0. The Morgan fingerprint density at radius 2 is 2.25 bits per heavy atom. The molecule has 0 saturated heterocycles. The van der Waals surface area contributed by atoms with Crippen LogP contribution in [0.5, 0.6) is 0 Å². The Morgan fingerprint density at radius 3 is 2.81 bits per heavy atom. The predicted molar refractivity (Wildman–Crippen MR) is 65.2 cm³/mol. The molecule has 0 amide bonds. The minimum Gasteiger partial charge on any atom is -0.475 e. The molecule has 0 saturated carbocycles. The fourth-order valence-electron chi connectivity index (χ4n) is 1.54. The number of aliphatic imine (C=N–C) groups is 1. The lowest BCUT2D eigenvalue weighted by Crippen LogP contribution is -2.13. The largest absolute Gasteiger partial charge is 0.475 e. The van der Waals surface area contributed by atoms with E-state index >= 15 is 0 Å². The highest BCUT2D eigenvalue weighted by Crippen LogP contribution is 2.21. The van der Waals surface area contributed by atoms with E-state index in [1.165, 1.54) is 6.07 Å². The molecule has 86 valence electrons. The lowest BCUT2D eigenvalue weighted by molar-refractivity contribution is 0.291. The first kappa shape index (κ1) is 11.6. The van der Waals surface area contributed by atoms with E-state index in [1.54, 1.807) is 12.1 Å². The van der Waals surface area contributed by atoms with Crippen LogP contribution in [0.4, 0.5) is 4.39 Å². The van der Waals surface area contributed by atoms with Crippen LogP contribution < -0.4 is 0 Å². The van der Waals surface area contributed by atoms with Crippen LogP contribution in [0.2, 0.25) is 0 Å². The third-order valence-corrected chi connectivity index (χ3v) is 3.10. The van der Waals surface area contributed by atoms with Crippen LogP contribution in [0.25, 0.3) is 0 Å². The maximum absolute atomic E-state index is 13.6. The average molecular weight is 286 g/mol. The highest BCUT2D eigenvalue weighted by molar-refractivity contribution is 9.10. The molecule has 0 unspecified atom stereocenters. The van der Waals surface area contributed by atoms with Gasteiger partial charge in [-0.05, 0) is 24.1 Å². The highest BCUT2D eigenvalue weighted by Gasteiger charge is 2.24. The van der Waals surface area contributed by atoms with E-state index in [-0.39, 0.29) is 11.9 Å². The van der Waals surface area contributed by atoms with Crippen molar-refractivity contribution in [3.05, 3.63) is 34.1 Å². The summed E-state index contributed by atoms with van der Waals surface area (Å²) >= 11 is 3.22. The minimum atomic E-state index is -0.308. The van der Waals surface area contributed by atoms with Gasteiger partial charge in [-0.3, -0.25) is 0 Å². The highest BCUT2D eigenvalue weighted by atomic mass is 79.9. The Bertz CT molecular complexity index is 431. The normalized spacial score (nSPS) is 19.8. The van der Waals surface area contributed by atoms with Gasteiger partial charge in [0.1, 0.15) is 12.4 Å². The Morgan fingerprint density at radius 1 is 1.50 bits per heavy atom. The molecule has 0 N–H and O–H groups in total. The van der Waals surface area contributed by atoms with Crippen molar-refractivity contribution in [3.8, 4) is 0 Å². The second kappa shape index (κ2) is 4.53. The predicted octanol–water partition coefficient (Wildman–Crippen LogP) is 3.39. The molecule has 1 aliphatic heterocycles. The molecule has 1 aromatic carbocycles. The van der Waals surface area contributed by atoms with Gasteiger partial charge < -0.3 is 4.74 Å². The SMILES string of the molecule is CC(C)[C@@H]1COC(c2ccc(Br)cc2F)=N1. The van der Waals surface area contributed by atoms with Gasteiger partial charge in [0, 0.05) is 4.47 Å². The first-order chi connectivity index (χ1) is 7.58. The molecule has 0 bridgehead atoms. The zero-order chi connectivity index (χ0) is 11.7. The second-order valence-corrected chi connectivity index (χ2v) is 5.10. The summed E-state index contributed by atoms with van der Waals surface area (Å²) in [4.78, 5) is 4.39. The molecule has 0 aromatic heterocycles. The molecule has 0 spiro atoms. The van der Waals surface area contributed by atoms with Gasteiger partial charge in [0.25, 0.3) is 0 Å². The molecule has 1 heterocycles. The van der Waals surface area contributed by atoms with Gasteiger partial charge in [-0.15, -0.1) is 0 Å². The van der Waals surface area contributed by atoms with Gasteiger partial charge in [0.05, 0.1) is 11.6 Å². The standard InChI is InChI=1S/C12H13BrFNO/c1-7(2)11-6-16-12(15-11)9-4-3-8(13)5-10(9)14/h3-5,7,11H,6H2,1-2H3/t11-/m0/s1. The Hall–Kier alpha value is -0.900. The molecular weight excluding hydrogens is 273 g/mol. The maximum atomic E-state index is 13.6. The van der Waals surface area contributed by atoms with Gasteiger partial charge in [-0.25, -0.2) is 9.38 Å². The maximum Gasteiger partial charge on any atom is 0.219 e. The Balaban J connectivity index is 2.29. The van der Waals surface area contributed by atoms with Crippen LogP contribution in [0.15, 0.2) is 27.7 Å². The van der Waals surface area contributed by atoms with E-state index in [0.29, 0.717) is 28.5 Å². The molecular formula is C12H13BrFNO. The van der Waals surface area contributed by atoms with Gasteiger partial charge >= 0.3 is 0 Å². The lowest BCUT2D eigenvalue weighted by atomic mass is 10.1. The summed E-state index contributed by atoms with van der Waals surface area (Å²) in [6.45, 7) is 4.71. The van der Waals surface area contributed by atoms with Gasteiger partial charge in [0.15, 0.2) is 0 Å². The van der Waals surface area contributed by atoms with Crippen LogP contribution in [0, 0.1) is 11.7 Å². The zero-order valence-electron chi connectivity index (χ0n) is 9.21. The number of halogens is 2. The fourth-order valence-corrected chi connectivity index (χ4v) is 1.87. The van der Waals surface area contributed by atoms with Crippen LogP contribution in [-0.2, 0) is 4.74 Å². The summed E-state index contributed by atoms with van der Waals surface area (Å²) in [5.74, 6) is 0.525. The monoisotopic (exact) mass is 285 g/mol. The van der Waals surface area contributed by atoms with Crippen molar-refractivity contribution in [1.82, 2.24) is 0 Å². The number of nitrogens with zero attached hydrogens (tertiary/aromatic N) is 1. The first-order valence-corrected chi connectivity index (χ1v) is 6.03. The molecule has 1 aliphatic rings. The quantitative estimate of drug-likeness (QED) is 0.816. The molecule has 1 atom stereocenters. The molecule has 2 nitrogen and oxygen atoms in total. The third kappa shape index (κ3) is 2.26. The third-order valence-electron chi connectivity index (χ3n) is 2.60. The van der Waals surface area contributed by atoms with Gasteiger partial charge in [-0.2, -0.15) is 0 Å². The number of hydrogen-bond acceptors (Lipinski definition) is 2. The van der Waals surface area contributed by atoms with E-state index in [9.17, 15) is 4.39 Å². The molecule has 2 rings (SSSR count). The summed E-state index contributed by atoms with van der Waals surface area (Å²) in [5, 5.41) is 0. The van der Waals surface area contributed by atoms with Gasteiger partial charge in [0.2, 0.25) is 5.90 Å². The van der Waals surface area contributed by atoms with Crippen LogP contribution in [0.3, 0.4) is 0 Å². The van der Waals surface area contributed by atoms with Crippen molar-refractivity contribution in [2.75, 3.05) is 6.61 Å². The summed E-state index contributed by atoms with van der Waals surface area (Å²) in [6.07, 6.45) is 0. The van der Waals surface area contributed by atoms with Crippen molar-refractivity contribution < 1.29 is 9.13 Å². The van der Waals surface area contributed by atoms with Crippen LogP contribution >= 0.6 is 15.9 Å². The van der Waals surface area contributed by atoms with E-state index in [1.807, 2.05) is 0 Å². The average Bonchev–Trinajstić information content (AvgIpc) is 2.66. The smallest absolute Gasteiger partial charge is 0.219 e. The number of rotatable bonds is 2. The summed E-state index contributed by atoms with van der Waals surface area (Å²) in [7, 11) is 0. The zero-order valence-corrected chi connectivity index (χ0v) is 10.8. The van der Waals surface area contributed by atoms with Crippen molar-refractivity contribution in [2.45, 2.75) is 19.9 Å². The molecule has 16 heavy (non-hydrogen) atoms. The lowest BCUT2D eigenvalue weighted by Gasteiger charge is -2.06. The van der Waals surface area contributed by atoms with Crippen LogP contribution in [0.1, 0.15) is 19.4 Å². The van der Waals surface area contributed by atoms with Crippen molar-refractivity contribution in [1.29, 1.82) is 0 Å². The topological polar surface area (TPSA) is 21.6 Å². The minimum absolute atomic E-state index is 0.137. The molecule has 0 radical (unpaired) electrons. The van der Waals surface area contributed by atoms with Crippen molar-refractivity contribution in [3.63, 3.8) is 0 Å². The van der Waals surface area contributed by atoms with E-state index < -0.39 is 0 Å². The molecule has 0 fully saturated rings. The number of benzene rings is 1. The van der Waals surface area contributed by atoms with E-state index in [4.69, 9.17) is 4.74 Å². The first-order valence-electron chi connectivity index (χ1n) is 5.24. The fraction of sp³-hybridized carbons (Fsp3) is 0.417. The summed E-state index contributed by atoms with van der Waals surface area (Å²) in [5.41, 5.74) is 0.436. The van der Waals surface area contributed by atoms with Crippen molar-refractivity contribution in [2.24, 2.45) is 10.9 Å². The van der Waals surface area contributed by atoms with Crippen molar-refractivity contribution >= 4 is 21.8 Å². The van der Waals surface area contributed by atoms with Gasteiger partial charge in [-0.1, -0.05) is 29.8 Å². The van der Waals surface area contributed by atoms with E-state index in [0.717, 1.165) is 0 Å². The Kier molecular flexibility index (Phi) is 3.28. The summed E-state index contributed by atoms with van der Waals surface area (Å²) < 4.78 is 19.8. The molecule has 4 heteroatoms. The van der Waals surface area contributed by atoms with Crippen LogP contribution in [-0.4, -0.2) is 18.5 Å². The summed E-state index contributed by atoms with van der Waals surface area (Å²) in [6, 6.07) is 5.02.